The summed E-state index contributed by atoms with van der Waals surface area (Å²) in [4.78, 5) is 19.8. The number of carbonyl (C=O) groups is 1. The van der Waals surface area contributed by atoms with Crippen LogP contribution in [0.5, 0.6) is 0 Å². The number of amides is 1. The number of nitrogens with one attached hydrogen (secondary N) is 1. The SMILES string of the molecule is Cc1cc(C(=O)NC[C@@H]2C[C@H](C)N(Cc3ccccc3)C2)c2cnn(C)c2n1. The van der Waals surface area contributed by atoms with E-state index in [1.165, 1.54) is 5.56 Å². The smallest absolute Gasteiger partial charge is 0.252 e. The second-order valence-electron chi connectivity index (χ2n) is 7.89. The number of aryl methyl sites for hydroxylation is 2. The lowest BCUT2D eigenvalue weighted by atomic mass is 10.1. The summed E-state index contributed by atoms with van der Waals surface area (Å²) in [5, 5.41) is 8.19. The molecule has 1 aliphatic rings. The van der Waals surface area contributed by atoms with E-state index in [-0.39, 0.29) is 5.91 Å². The van der Waals surface area contributed by atoms with Gasteiger partial charge in [0.15, 0.2) is 5.65 Å². The van der Waals surface area contributed by atoms with Crippen molar-refractivity contribution in [3.63, 3.8) is 0 Å². The molecule has 1 fully saturated rings. The lowest BCUT2D eigenvalue weighted by Crippen LogP contribution is -2.31. The van der Waals surface area contributed by atoms with Crippen LogP contribution in [0.25, 0.3) is 11.0 Å². The molecule has 1 aromatic carbocycles. The van der Waals surface area contributed by atoms with Gasteiger partial charge < -0.3 is 5.32 Å². The van der Waals surface area contributed by atoms with Crippen molar-refractivity contribution in [3.8, 4) is 0 Å². The third kappa shape index (κ3) is 3.78. The number of fused-ring (bicyclic) bond motifs is 1. The summed E-state index contributed by atoms with van der Waals surface area (Å²) in [5.41, 5.74) is 3.56. The Morgan fingerprint density at radius 1 is 1.29 bits per heavy atom. The highest BCUT2D eigenvalue weighted by atomic mass is 16.1. The summed E-state index contributed by atoms with van der Waals surface area (Å²) in [6.07, 6.45) is 2.82. The molecule has 3 aromatic rings. The maximum absolute atomic E-state index is 12.8. The molecule has 1 N–H and O–H groups in total. The molecular formula is C22H27N5O. The number of benzene rings is 1. The average Bonchev–Trinajstić information content (AvgIpc) is 3.23. The molecule has 0 saturated carbocycles. The van der Waals surface area contributed by atoms with Gasteiger partial charge in [-0.15, -0.1) is 0 Å². The monoisotopic (exact) mass is 377 g/mol. The van der Waals surface area contributed by atoms with E-state index >= 15 is 0 Å². The van der Waals surface area contributed by atoms with Gasteiger partial charge in [0.25, 0.3) is 5.91 Å². The number of pyridine rings is 1. The number of aromatic nitrogens is 3. The lowest BCUT2D eigenvalue weighted by Gasteiger charge is -2.21. The third-order valence-corrected chi connectivity index (χ3v) is 5.65. The van der Waals surface area contributed by atoms with Crippen LogP contribution in [0.3, 0.4) is 0 Å². The van der Waals surface area contributed by atoms with Gasteiger partial charge in [0, 0.05) is 38.4 Å². The van der Waals surface area contributed by atoms with Crippen LogP contribution in [0.15, 0.2) is 42.6 Å². The Morgan fingerprint density at radius 2 is 2.07 bits per heavy atom. The van der Waals surface area contributed by atoms with Crippen LogP contribution in [-0.4, -0.2) is 44.7 Å². The predicted octanol–water partition coefficient (Wildman–Crippen LogP) is 2.92. The minimum atomic E-state index is -0.0438. The summed E-state index contributed by atoms with van der Waals surface area (Å²) in [6, 6.07) is 12.9. The largest absolute Gasteiger partial charge is 0.352 e. The van der Waals surface area contributed by atoms with E-state index in [1.807, 2.05) is 20.0 Å². The molecule has 6 heteroatoms. The number of hydrogen-bond donors (Lipinski definition) is 1. The van der Waals surface area contributed by atoms with Crippen LogP contribution in [0.2, 0.25) is 0 Å². The lowest BCUT2D eigenvalue weighted by molar-refractivity contribution is 0.0948. The highest BCUT2D eigenvalue weighted by Crippen LogP contribution is 2.25. The first-order chi connectivity index (χ1) is 13.5. The van der Waals surface area contributed by atoms with Gasteiger partial charge in [0.2, 0.25) is 0 Å². The maximum atomic E-state index is 12.8. The molecule has 0 unspecified atom stereocenters. The van der Waals surface area contributed by atoms with Gasteiger partial charge in [0.05, 0.1) is 17.1 Å². The molecule has 0 spiro atoms. The fraction of sp³-hybridized carbons (Fsp3) is 0.409. The summed E-state index contributed by atoms with van der Waals surface area (Å²) in [5.74, 6) is 0.424. The zero-order chi connectivity index (χ0) is 19.7. The van der Waals surface area contributed by atoms with Crippen molar-refractivity contribution in [1.82, 2.24) is 25.0 Å². The van der Waals surface area contributed by atoms with Crippen molar-refractivity contribution in [2.75, 3.05) is 13.1 Å². The minimum absolute atomic E-state index is 0.0438. The van der Waals surface area contributed by atoms with Crippen molar-refractivity contribution in [1.29, 1.82) is 0 Å². The molecule has 0 bridgehead atoms. The van der Waals surface area contributed by atoms with E-state index in [1.54, 1.807) is 10.9 Å². The van der Waals surface area contributed by atoms with Gasteiger partial charge in [-0.25, -0.2) is 4.98 Å². The summed E-state index contributed by atoms with van der Waals surface area (Å²) in [7, 11) is 1.84. The zero-order valence-electron chi connectivity index (χ0n) is 16.7. The number of nitrogens with zero attached hydrogens (tertiary/aromatic N) is 4. The van der Waals surface area contributed by atoms with Crippen molar-refractivity contribution >= 4 is 16.9 Å². The molecule has 2 aromatic heterocycles. The molecule has 1 aliphatic heterocycles. The van der Waals surface area contributed by atoms with Crippen LogP contribution < -0.4 is 5.32 Å². The first-order valence-electron chi connectivity index (χ1n) is 9.87. The van der Waals surface area contributed by atoms with Crippen molar-refractivity contribution in [3.05, 3.63) is 59.4 Å². The predicted molar refractivity (Wildman–Crippen MR) is 110 cm³/mol. The molecule has 1 amide bonds. The Hall–Kier alpha value is -2.73. The summed E-state index contributed by atoms with van der Waals surface area (Å²) in [6.45, 7) is 6.84. The van der Waals surface area contributed by atoms with E-state index in [9.17, 15) is 4.79 Å². The fourth-order valence-corrected chi connectivity index (χ4v) is 4.16. The Bertz CT molecular complexity index is 981. The van der Waals surface area contributed by atoms with Gasteiger partial charge in [-0.2, -0.15) is 5.10 Å². The standard InChI is InChI=1S/C22H27N5O/c1-15-9-19(20-12-24-26(3)21(20)25-15)22(28)23-11-18-10-16(2)27(14-18)13-17-7-5-4-6-8-17/h4-9,12,16,18H,10-11,13-14H2,1-3H3,(H,23,28)/t16-,18-/m0/s1. The maximum Gasteiger partial charge on any atom is 0.252 e. The number of hydrogen-bond acceptors (Lipinski definition) is 4. The topological polar surface area (TPSA) is 63.1 Å². The number of likely N-dealkylation sites (tertiary alicyclic amines) is 1. The summed E-state index contributed by atoms with van der Waals surface area (Å²) < 4.78 is 1.71. The first-order valence-corrected chi connectivity index (χ1v) is 9.87. The van der Waals surface area contributed by atoms with Crippen LogP contribution in [0, 0.1) is 12.8 Å². The Labute approximate surface area is 165 Å². The van der Waals surface area contributed by atoms with Crippen molar-refractivity contribution < 1.29 is 4.79 Å². The second-order valence-corrected chi connectivity index (χ2v) is 7.89. The zero-order valence-corrected chi connectivity index (χ0v) is 16.7. The normalized spacial score (nSPS) is 20.0. The molecule has 4 rings (SSSR count). The van der Waals surface area contributed by atoms with Crippen LogP contribution in [0.1, 0.15) is 35.0 Å². The quantitative estimate of drug-likeness (QED) is 0.743. The molecule has 3 heterocycles. The molecule has 2 atom stereocenters. The molecular weight excluding hydrogens is 350 g/mol. The number of rotatable bonds is 5. The van der Waals surface area contributed by atoms with E-state index < -0.39 is 0 Å². The van der Waals surface area contributed by atoms with Gasteiger partial charge in [-0.3, -0.25) is 14.4 Å². The second kappa shape index (κ2) is 7.72. The molecule has 1 saturated heterocycles. The molecule has 0 aliphatic carbocycles. The average molecular weight is 377 g/mol. The Morgan fingerprint density at radius 3 is 2.86 bits per heavy atom. The Balaban J connectivity index is 1.39. The first kappa shape index (κ1) is 18.6. The van der Waals surface area contributed by atoms with Gasteiger partial charge >= 0.3 is 0 Å². The highest BCUT2D eigenvalue weighted by Gasteiger charge is 2.29. The van der Waals surface area contributed by atoms with Gasteiger partial charge in [-0.05, 0) is 37.8 Å². The van der Waals surface area contributed by atoms with E-state index in [0.29, 0.717) is 24.1 Å². The minimum Gasteiger partial charge on any atom is -0.352 e. The van der Waals surface area contributed by atoms with Crippen LogP contribution in [-0.2, 0) is 13.6 Å². The fourth-order valence-electron chi connectivity index (χ4n) is 4.16. The van der Waals surface area contributed by atoms with Crippen LogP contribution in [0.4, 0.5) is 0 Å². The van der Waals surface area contributed by atoms with Crippen molar-refractivity contribution in [2.45, 2.75) is 32.9 Å². The van der Waals surface area contributed by atoms with E-state index in [0.717, 1.165) is 36.2 Å². The van der Waals surface area contributed by atoms with Crippen LogP contribution >= 0.6 is 0 Å². The molecule has 0 radical (unpaired) electrons. The summed E-state index contributed by atoms with van der Waals surface area (Å²) >= 11 is 0. The third-order valence-electron chi connectivity index (χ3n) is 5.65. The van der Waals surface area contributed by atoms with E-state index in [2.05, 4.69) is 57.6 Å². The molecule has 146 valence electrons. The Kier molecular flexibility index (Phi) is 5.13. The van der Waals surface area contributed by atoms with E-state index in [4.69, 9.17) is 0 Å². The molecule has 6 nitrogen and oxygen atoms in total. The van der Waals surface area contributed by atoms with Crippen molar-refractivity contribution in [2.24, 2.45) is 13.0 Å². The number of carbonyl (C=O) groups excluding carboxylic acids is 1. The highest BCUT2D eigenvalue weighted by molar-refractivity contribution is 6.05. The van der Waals surface area contributed by atoms with Gasteiger partial charge in [0.1, 0.15) is 0 Å². The van der Waals surface area contributed by atoms with Gasteiger partial charge in [-0.1, -0.05) is 30.3 Å². The molecule has 28 heavy (non-hydrogen) atoms.